The van der Waals surface area contributed by atoms with Crippen LogP contribution in [0.3, 0.4) is 0 Å². The van der Waals surface area contributed by atoms with E-state index >= 15 is 0 Å². The molecule has 0 aliphatic carbocycles. The van der Waals surface area contributed by atoms with Crippen molar-refractivity contribution in [3.8, 4) is 5.75 Å². The molecular weight excluding hydrogens is 339 g/mol. The van der Waals surface area contributed by atoms with Gasteiger partial charge in [-0.3, -0.25) is 9.78 Å². The highest BCUT2D eigenvalue weighted by Crippen LogP contribution is 2.46. The molecular formula is C19H19FN2O2S. The number of benzene rings is 1. The smallest absolute Gasteiger partial charge is 0.227 e. The Balaban J connectivity index is 1.30. The number of thioether (sulfide) groups is 1. The lowest BCUT2D eigenvalue weighted by Gasteiger charge is -2.47. The molecule has 1 atom stereocenters. The Morgan fingerprint density at radius 1 is 1.32 bits per heavy atom. The molecule has 2 aromatic rings. The van der Waals surface area contributed by atoms with Crippen LogP contribution in [0.25, 0.3) is 0 Å². The van der Waals surface area contributed by atoms with Gasteiger partial charge in [0.25, 0.3) is 0 Å². The fourth-order valence-electron chi connectivity index (χ4n) is 3.45. The predicted octanol–water partition coefficient (Wildman–Crippen LogP) is 2.93. The van der Waals surface area contributed by atoms with Gasteiger partial charge in [0.2, 0.25) is 5.91 Å². The van der Waals surface area contributed by atoms with Gasteiger partial charge in [-0.2, -0.15) is 0 Å². The van der Waals surface area contributed by atoms with Gasteiger partial charge in [-0.25, -0.2) is 4.39 Å². The molecule has 0 N–H and O–H groups in total. The molecule has 0 unspecified atom stereocenters. The van der Waals surface area contributed by atoms with Crippen molar-refractivity contribution in [2.75, 3.05) is 18.8 Å². The van der Waals surface area contributed by atoms with Crippen molar-refractivity contribution in [3.05, 3.63) is 60.2 Å². The van der Waals surface area contributed by atoms with Crippen LogP contribution in [0.2, 0.25) is 0 Å². The van der Waals surface area contributed by atoms with Crippen molar-refractivity contribution in [2.45, 2.75) is 23.7 Å². The summed E-state index contributed by atoms with van der Waals surface area (Å²) in [6, 6.07) is 10.2. The SMILES string of the molecule is O=C(Cc1ccccc1F)N1CC2(C[C@H](Oc3cccnc3)CS2)C1. The molecule has 0 radical (unpaired) electrons. The molecule has 4 nitrogen and oxygen atoms in total. The summed E-state index contributed by atoms with van der Waals surface area (Å²) in [6.45, 7) is 1.44. The monoisotopic (exact) mass is 358 g/mol. The minimum Gasteiger partial charge on any atom is -0.488 e. The van der Waals surface area contributed by atoms with Crippen LogP contribution in [0.15, 0.2) is 48.8 Å². The topological polar surface area (TPSA) is 42.4 Å². The van der Waals surface area contributed by atoms with Crippen LogP contribution in [0.5, 0.6) is 5.75 Å². The van der Waals surface area contributed by atoms with Crippen LogP contribution in [0.4, 0.5) is 4.39 Å². The van der Waals surface area contributed by atoms with Gasteiger partial charge >= 0.3 is 0 Å². The summed E-state index contributed by atoms with van der Waals surface area (Å²) >= 11 is 1.88. The van der Waals surface area contributed by atoms with E-state index in [0.29, 0.717) is 5.56 Å². The van der Waals surface area contributed by atoms with Gasteiger partial charge < -0.3 is 9.64 Å². The normalized spacial score (nSPS) is 21.2. The fourth-order valence-corrected chi connectivity index (χ4v) is 4.97. The van der Waals surface area contributed by atoms with Crippen molar-refractivity contribution in [1.29, 1.82) is 0 Å². The molecule has 2 aliphatic rings. The number of carbonyl (C=O) groups excluding carboxylic acids is 1. The van der Waals surface area contributed by atoms with Gasteiger partial charge in [0.1, 0.15) is 17.7 Å². The second kappa shape index (κ2) is 6.67. The number of carbonyl (C=O) groups is 1. The van der Waals surface area contributed by atoms with E-state index in [4.69, 9.17) is 4.74 Å². The number of likely N-dealkylation sites (tertiary alicyclic amines) is 1. The lowest BCUT2D eigenvalue weighted by molar-refractivity contribution is -0.135. The maximum absolute atomic E-state index is 13.7. The summed E-state index contributed by atoms with van der Waals surface area (Å²) in [5, 5.41) is 0. The summed E-state index contributed by atoms with van der Waals surface area (Å²) in [6.07, 6.45) is 4.65. The standard InChI is InChI=1S/C19H19FN2O2S/c20-17-6-2-1-4-14(17)8-18(23)22-12-19(13-22)9-16(11-25-19)24-15-5-3-7-21-10-15/h1-7,10,16H,8-9,11-13H2/t16-/m0/s1. The third-order valence-corrected chi connectivity index (χ3v) is 6.30. The highest BCUT2D eigenvalue weighted by atomic mass is 32.2. The zero-order chi connectivity index (χ0) is 17.3. The second-order valence-electron chi connectivity index (χ2n) is 6.64. The predicted molar refractivity (Wildman–Crippen MR) is 95.1 cm³/mol. The van der Waals surface area contributed by atoms with Gasteiger partial charge in [0, 0.05) is 31.5 Å². The van der Waals surface area contributed by atoms with Gasteiger partial charge in [0.05, 0.1) is 17.4 Å². The lowest BCUT2D eigenvalue weighted by atomic mass is 9.92. The Morgan fingerprint density at radius 3 is 2.92 bits per heavy atom. The molecule has 1 aromatic heterocycles. The molecule has 2 saturated heterocycles. The third-order valence-electron chi connectivity index (χ3n) is 4.72. The largest absolute Gasteiger partial charge is 0.488 e. The summed E-state index contributed by atoms with van der Waals surface area (Å²) in [7, 11) is 0. The van der Waals surface area contributed by atoms with E-state index in [2.05, 4.69) is 4.98 Å². The number of ether oxygens (including phenoxy) is 1. The van der Waals surface area contributed by atoms with E-state index in [1.54, 1.807) is 30.6 Å². The van der Waals surface area contributed by atoms with Gasteiger partial charge in [0.15, 0.2) is 0 Å². The summed E-state index contributed by atoms with van der Waals surface area (Å²) in [5.74, 6) is 1.39. The van der Waals surface area contributed by atoms with Crippen molar-refractivity contribution < 1.29 is 13.9 Å². The van der Waals surface area contributed by atoms with Crippen LogP contribution >= 0.6 is 11.8 Å². The van der Waals surface area contributed by atoms with Crippen LogP contribution in [0, 0.1) is 5.82 Å². The summed E-state index contributed by atoms with van der Waals surface area (Å²) in [5.41, 5.74) is 0.463. The Morgan fingerprint density at radius 2 is 2.16 bits per heavy atom. The average molecular weight is 358 g/mol. The first-order valence-electron chi connectivity index (χ1n) is 8.35. The Labute approximate surface area is 150 Å². The number of hydrogen-bond donors (Lipinski definition) is 0. The van der Waals surface area contributed by atoms with Crippen molar-refractivity contribution >= 4 is 17.7 Å². The molecule has 4 rings (SSSR count). The third kappa shape index (κ3) is 3.49. The molecule has 6 heteroatoms. The minimum absolute atomic E-state index is 0.00653. The van der Waals surface area contributed by atoms with Crippen LogP contribution < -0.4 is 4.74 Å². The maximum atomic E-state index is 13.7. The lowest BCUT2D eigenvalue weighted by Crippen LogP contribution is -2.61. The summed E-state index contributed by atoms with van der Waals surface area (Å²) in [4.78, 5) is 18.3. The Hall–Kier alpha value is -2.08. The first kappa shape index (κ1) is 16.4. The van der Waals surface area contributed by atoms with Crippen LogP contribution in [-0.4, -0.2) is 45.5 Å². The first-order chi connectivity index (χ1) is 12.1. The zero-order valence-electron chi connectivity index (χ0n) is 13.7. The van der Waals surface area contributed by atoms with Gasteiger partial charge in [-0.1, -0.05) is 18.2 Å². The highest BCUT2D eigenvalue weighted by molar-refractivity contribution is 8.01. The number of nitrogens with zero attached hydrogens (tertiary/aromatic N) is 2. The number of hydrogen-bond acceptors (Lipinski definition) is 4. The minimum atomic E-state index is -0.314. The first-order valence-corrected chi connectivity index (χ1v) is 9.34. The van der Waals surface area contributed by atoms with E-state index in [0.717, 1.165) is 31.0 Å². The van der Waals surface area contributed by atoms with E-state index < -0.39 is 0 Å². The Bertz CT molecular complexity index is 765. The second-order valence-corrected chi connectivity index (χ2v) is 8.13. The summed E-state index contributed by atoms with van der Waals surface area (Å²) < 4.78 is 19.8. The zero-order valence-corrected chi connectivity index (χ0v) is 14.5. The molecule has 0 saturated carbocycles. The quantitative estimate of drug-likeness (QED) is 0.843. The molecule has 1 spiro atoms. The van der Waals surface area contributed by atoms with Crippen molar-refractivity contribution in [1.82, 2.24) is 9.88 Å². The van der Waals surface area contributed by atoms with Crippen LogP contribution in [-0.2, 0) is 11.2 Å². The van der Waals surface area contributed by atoms with Gasteiger partial charge in [-0.15, -0.1) is 11.8 Å². The molecule has 3 heterocycles. The molecule has 1 amide bonds. The Kier molecular flexibility index (Phi) is 4.37. The number of aromatic nitrogens is 1. The highest BCUT2D eigenvalue weighted by Gasteiger charge is 2.51. The number of pyridine rings is 1. The number of amides is 1. The van der Waals surface area contributed by atoms with E-state index in [1.807, 2.05) is 28.8 Å². The molecule has 0 bridgehead atoms. The van der Waals surface area contributed by atoms with Crippen molar-refractivity contribution in [3.63, 3.8) is 0 Å². The molecule has 25 heavy (non-hydrogen) atoms. The molecule has 2 aliphatic heterocycles. The molecule has 2 fully saturated rings. The van der Waals surface area contributed by atoms with E-state index in [-0.39, 0.29) is 29.0 Å². The van der Waals surface area contributed by atoms with Crippen LogP contribution in [0.1, 0.15) is 12.0 Å². The van der Waals surface area contributed by atoms with Crippen molar-refractivity contribution in [2.24, 2.45) is 0 Å². The van der Waals surface area contributed by atoms with E-state index in [1.165, 1.54) is 6.07 Å². The number of rotatable bonds is 4. The molecule has 1 aromatic carbocycles. The maximum Gasteiger partial charge on any atom is 0.227 e. The average Bonchev–Trinajstić information content (AvgIpc) is 3.01. The fraction of sp³-hybridized carbons (Fsp3) is 0.368. The molecule has 130 valence electrons. The van der Waals surface area contributed by atoms with Gasteiger partial charge in [-0.05, 0) is 23.8 Å². The van der Waals surface area contributed by atoms with E-state index in [9.17, 15) is 9.18 Å². The number of halogens is 1.